The molecule has 6 heteroatoms. The molecule has 82 valence electrons. The number of carbonyl (C=O) groups is 1. The molecule has 0 aliphatic carbocycles. The Labute approximate surface area is 101 Å². The molecule has 0 atom stereocenters. The van der Waals surface area contributed by atoms with Crippen LogP contribution in [0.1, 0.15) is 10.5 Å². The van der Waals surface area contributed by atoms with Gasteiger partial charge in [0.05, 0.1) is 10.7 Å². The third-order valence-corrected chi connectivity index (χ3v) is 2.93. The van der Waals surface area contributed by atoms with Gasteiger partial charge in [-0.1, -0.05) is 23.7 Å². The molecule has 1 heterocycles. The van der Waals surface area contributed by atoms with Gasteiger partial charge in [-0.15, -0.1) is 11.3 Å². The van der Waals surface area contributed by atoms with Gasteiger partial charge in [0, 0.05) is 5.38 Å². The third kappa shape index (κ3) is 2.32. The molecule has 1 aromatic carbocycles. The number of benzene rings is 1. The average molecular weight is 255 g/mol. The lowest BCUT2D eigenvalue weighted by molar-refractivity contribution is 0.0691. The van der Waals surface area contributed by atoms with Crippen LogP contribution in [0.2, 0.25) is 5.02 Å². The Morgan fingerprint density at radius 3 is 2.81 bits per heavy atom. The van der Waals surface area contributed by atoms with Crippen molar-refractivity contribution < 1.29 is 9.90 Å². The first kappa shape index (κ1) is 10.9. The number of aromatic carboxylic acids is 1. The standard InChI is InChI=1S/C10H7ClN2O2S/c11-6-3-1-2-4-7(6)12-10-13-8(5-16-10)9(14)15/h1-5H,(H,12,13)(H,14,15). The number of thiazole rings is 1. The number of aromatic nitrogens is 1. The van der Waals surface area contributed by atoms with E-state index in [1.54, 1.807) is 12.1 Å². The maximum Gasteiger partial charge on any atom is 0.355 e. The minimum absolute atomic E-state index is 0.0274. The van der Waals surface area contributed by atoms with Gasteiger partial charge in [-0.2, -0.15) is 0 Å². The molecule has 0 aliphatic heterocycles. The van der Waals surface area contributed by atoms with Crippen molar-refractivity contribution in [3.05, 3.63) is 40.4 Å². The molecule has 0 amide bonds. The summed E-state index contributed by atoms with van der Waals surface area (Å²) in [6, 6.07) is 7.19. The number of halogens is 1. The summed E-state index contributed by atoms with van der Waals surface area (Å²) in [7, 11) is 0. The topological polar surface area (TPSA) is 62.2 Å². The molecule has 4 nitrogen and oxygen atoms in total. The number of hydrogen-bond donors (Lipinski definition) is 2. The lowest BCUT2D eigenvalue weighted by Gasteiger charge is -2.03. The number of nitrogens with one attached hydrogen (secondary N) is 1. The summed E-state index contributed by atoms with van der Waals surface area (Å²) < 4.78 is 0. The Balaban J connectivity index is 2.21. The van der Waals surface area contributed by atoms with E-state index in [-0.39, 0.29) is 5.69 Å². The zero-order valence-corrected chi connectivity index (χ0v) is 9.55. The minimum Gasteiger partial charge on any atom is -0.476 e. The van der Waals surface area contributed by atoms with Crippen LogP contribution < -0.4 is 5.32 Å². The number of carboxylic acids is 1. The van der Waals surface area contributed by atoms with Crippen LogP contribution in [0.5, 0.6) is 0 Å². The Morgan fingerprint density at radius 2 is 2.19 bits per heavy atom. The van der Waals surface area contributed by atoms with Crippen molar-refractivity contribution in [1.29, 1.82) is 0 Å². The predicted octanol–water partition coefficient (Wildman–Crippen LogP) is 3.24. The molecule has 2 N–H and O–H groups in total. The predicted molar refractivity (Wildman–Crippen MR) is 63.8 cm³/mol. The van der Waals surface area contributed by atoms with E-state index in [2.05, 4.69) is 10.3 Å². The Morgan fingerprint density at radius 1 is 1.44 bits per heavy atom. The van der Waals surface area contributed by atoms with Crippen molar-refractivity contribution in [3.8, 4) is 0 Å². The lowest BCUT2D eigenvalue weighted by Crippen LogP contribution is -1.97. The molecule has 0 unspecified atom stereocenters. The van der Waals surface area contributed by atoms with Gasteiger partial charge in [0.1, 0.15) is 0 Å². The van der Waals surface area contributed by atoms with Crippen LogP contribution in [0.25, 0.3) is 0 Å². The maximum absolute atomic E-state index is 10.6. The van der Waals surface area contributed by atoms with Crippen molar-refractivity contribution >= 4 is 39.7 Å². The summed E-state index contributed by atoms with van der Waals surface area (Å²) in [6.07, 6.45) is 0. The molecule has 0 saturated heterocycles. The smallest absolute Gasteiger partial charge is 0.355 e. The fourth-order valence-electron chi connectivity index (χ4n) is 1.11. The highest BCUT2D eigenvalue weighted by Crippen LogP contribution is 2.26. The SMILES string of the molecule is O=C(O)c1csc(Nc2ccccc2Cl)n1. The highest BCUT2D eigenvalue weighted by Gasteiger charge is 2.09. The number of rotatable bonds is 3. The summed E-state index contributed by atoms with van der Waals surface area (Å²) >= 11 is 7.16. The molecular formula is C10H7ClN2O2S. The second-order valence-corrected chi connectivity index (χ2v) is 4.21. The second kappa shape index (κ2) is 4.51. The van der Waals surface area contributed by atoms with Crippen LogP contribution in [0.15, 0.2) is 29.6 Å². The Hall–Kier alpha value is -1.59. The molecule has 0 fully saturated rings. The molecular weight excluding hydrogens is 248 g/mol. The molecule has 0 saturated carbocycles. The normalized spacial score (nSPS) is 10.1. The molecule has 0 radical (unpaired) electrons. The lowest BCUT2D eigenvalue weighted by atomic mass is 10.3. The van der Waals surface area contributed by atoms with E-state index in [1.807, 2.05) is 12.1 Å². The zero-order chi connectivity index (χ0) is 11.5. The van der Waals surface area contributed by atoms with Gasteiger partial charge < -0.3 is 10.4 Å². The number of para-hydroxylation sites is 1. The molecule has 0 bridgehead atoms. The highest BCUT2D eigenvalue weighted by molar-refractivity contribution is 7.14. The fourth-order valence-corrected chi connectivity index (χ4v) is 1.99. The Bertz CT molecular complexity index is 527. The number of nitrogens with zero attached hydrogens (tertiary/aromatic N) is 1. The van der Waals surface area contributed by atoms with Crippen molar-refractivity contribution in [2.45, 2.75) is 0 Å². The first-order valence-corrected chi connectivity index (χ1v) is 5.63. The monoisotopic (exact) mass is 254 g/mol. The summed E-state index contributed by atoms with van der Waals surface area (Å²) in [5, 5.41) is 14.2. The Kier molecular flexibility index (Phi) is 3.07. The van der Waals surface area contributed by atoms with Gasteiger partial charge in [-0.25, -0.2) is 9.78 Å². The summed E-state index contributed by atoms with van der Waals surface area (Å²) in [6.45, 7) is 0. The maximum atomic E-state index is 10.6. The van der Waals surface area contributed by atoms with Crippen LogP contribution >= 0.6 is 22.9 Å². The van der Waals surface area contributed by atoms with Crippen molar-refractivity contribution in [2.24, 2.45) is 0 Å². The molecule has 16 heavy (non-hydrogen) atoms. The van der Waals surface area contributed by atoms with Gasteiger partial charge in [0.2, 0.25) is 0 Å². The van der Waals surface area contributed by atoms with Crippen LogP contribution in [0.4, 0.5) is 10.8 Å². The van der Waals surface area contributed by atoms with Gasteiger partial charge in [0.25, 0.3) is 0 Å². The largest absolute Gasteiger partial charge is 0.476 e. The van der Waals surface area contributed by atoms with Gasteiger partial charge in [-0.05, 0) is 12.1 Å². The van der Waals surface area contributed by atoms with Crippen LogP contribution in [-0.2, 0) is 0 Å². The number of carboxylic acid groups (broad SMARTS) is 1. The van der Waals surface area contributed by atoms with Crippen molar-refractivity contribution in [2.75, 3.05) is 5.32 Å². The van der Waals surface area contributed by atoms with E-state index < -0.39 is 5.97 Å². The fraction of sp³-hybridized carbons (Fsp3) is 0. The molecule has 0 spiro atoms. The first-order chi connectivity index (χ1) is 7.66. The minimum atomic E-state index is -1.04. The zero-order valence-electron chi connectivity index (χ0n) is 7.98. The van der Waals surface area contributed by atoms with Crippen molar-refractivity contribution in [1.82, 2.24) is 4.98 Å². The van der Waals surface area contributed by atoms with E-state index in [0.29, 0.717) is 15.8 Å². The summed E-state index contributed by atoms with van der Waals surface area (Å²) in [5.74, 6) is -1.04. The van der Waals surface area contributed by atoms with E-state index in [4.69, 9.17) is 16.7 Å². The summed E-state index contributed by atoms with van der Waals surface area (Å²) in [5.41, 5.74) is 0.731. The number of hydrogen-bond acceptors (Lipinski definition) is 4. The van der Waals surface area contributed by atoms with Crippen LogP contribution in [0, 0.1) is 0 Å². The van der Waals surface area contributed by atoms with Crippen LogP contribution in [0.3, 0.4) is 0 Å². The molecule has 2 aromatic rings. The van der Waals surface area contributed by atoms with E-state index in [0.717, 1.165) is 0 Å². The summed E-state index contributed by atoms with van der Waals surface area (Å²) in [4.78, 5) is 14.5. The molecule has 0 aliphatic rings. The van der Waals surface area contributed by atoms with E-state index >= 15 is 0 Å². The average Bonchev–Trinajstić information content (AvgIpc) is 2.70. The van der Waals surface area contributed by atoms with Gasteiger partial charge in [-0.3, -0.25) is 0 Å². The van der Waals surface area contributed by atoms with E-state index in [1.165, 1.54) is 16.7 Å². The van der Waals surface area contributed by atoms with Gasteiger partial charge in [0.15, 0.2) is 10.8 Å². The first-order valence-electron chi connectivity index (χ1n) is 4.37. The third-order valence-electron chi connectivity index (χ3n) is 1.84. The molecule has 1 aromatic heterocycles. The van der Waals surface area contributed by atoms with Gasteiger partial charge >= 0.3 is 5.97 Å². The van der Waals surface area contributed by atoms with E-state index in [9.17, 15) is 4.79 Å². The highest BCUT2D eigenvalue weighted by atomic mass is 35.5. The quantitative estimate of drug-likeness (QED) is 0.883. The molecule has 2 rings (SSSR count). The van der Waals surface area contributed by atoms with Crippen LogP contribution in [-0.4, -0.2) is 16.1 Å². The number of anilines is 2. The van der Waals surface area contributed by atoms with Crippen molar-refractivity contribution in [3.63, 3.8) is 0 Å². The second-order valence-electron chi connectivity index (χ2n) is 2.95.